The first kappa shape index (κ1) is 17.9. The number of carbonyl (C=O) groups excluding carboxylic acids is 1. The Morgan fingerprint density at radius 1 is 1.15 bits per heavy atom. The van der Waals surface area contributed by atoms with Crippen LogP contribution in [-0.4, -0.2) is 73.8 Å². The van der Waals surface area contributed by atoms with Crippen LogP contribution in [0.1, 0.15) is 10.5 Å². The van der Waals surface area contributed by atoms with Crippen molar-refractivity contribution in [2.24, 2.45) is 0 Å². The number of aromatic amines is 1. The molecule has 0 saturated carbocycles. The smallest absolute Gasteiger partial charge is 0.271 e. The molecule has 1 aliphatic heterocycles. The minimum atomic E-state index is -3.56. The molecule has 0 aliphatic carbocycles. The molecule has 3 heterocycles. The number of H-pyrrole nitrogens is 1. The van der Waals surface area contributed by atoms with Gasteiger partial charge in [0.2, 0.25) is 10.0 Å². The van der Waals surface area contributed by atoms with Crippen LogP contribution in [0.25, 0.3) is 21.8 Å². The summed E-state index contributed by atoms with van der Waals surface area (Å²) < 4.78 is 27.6. The number of rotatable bonds is 3. The quantitative estimate of drug-likeness (QED) is 0.699. The lowest BCUT2D eigenvalue weighted by molar-refractivity contribution is 0.0960. The van der Waals surface area contributed by atoms with Crippen LogP contribution in [0.5, 0.6) is 0 Å². The maximum Gasteiger partial charge on any atom is 0.271 e. The molecule has 0 spiro atoms. The van der Waals surface area contributed by atoms with Crippen LogP contribution in [0.4, 0.5) is 0 Å². The average Bonchev–Trinajstić information content (AvgIpc) is 3.05. The third-order valence-electron chi connectivity index (χ3n) is 5.03. The first-order chi connectivity index (χ1) is 12.9. The zero-order valence-electron chi connectivity index (χ0n) is 15.2. The van der Waals surface area contributed by atoms with E-state index in [9.17, 15) is 13.2 Å². The summed E-state index contributed by atoms with van der Waals surface area (Å²) >= 11 is 0. The molecule has 2 N–H and O–H groups in total. The van der Waals surface area contributed by atoms with Crippen LogP contribution in [-0.2, 0) is 10.0 Å². The molecule has 9 heteroatoms. The van der Waals surface area contributed by atoms with E-state index >= 15 is 0 Å². The van der Waals surface area contributed by atoms with E-state index in [4.69, 9.17) is 0 Å². The maximum atomic E-state index is 13.0. The predicted octanol–water partition coefficient (Wildman–Crippen LogP) is 1.01. The Bertz CT molecular complexity index is 1130. The van der Waals surface area contributed by atoms with Crippen LogP contribution in [0.2, 0.25) is 0 Å². The summed E-state index contributed by atoms with van der Waals surface area (Å²) in [6.07, 6.45) is 1.56. The van der Waals surface area contributed by atoms with Gasteiger partial charge in [-0.15, -0.1) is 0 Å². The SMILES string of the molecule is CNC(=O)c1nccc2c1[nH]c1ccc(S(=O)(=O)N3CCN(C)CC3)cc12. The molecular formula is C18H21N5O3S. The molecule has 1 aromatic carbocycles. The highest BCUT2D eigenvalue weighted by Crippen LogP contribution is 2.30. The first-order valence-corrected chi connectivity index (χ1v) is 10.2. The molecule has 1 saturated heterocycles. The second-order valence-corrected chi connectivity index (χ2v) is 8.64. The summed E-state index contributed by atoms with van der Waals surface area (Å²) in [5.74, 6) is -0.294. The fourth-order valence-electron chi connectivity index (χ4n) is 3.43. The van der Waals surface area contributed by atoms with E-state index < -0.39 is 10.0 Å². The van der Waals surface area contributed by atoms with E-state index in [2.05, 4.69) is 20.2 Å². The van der Waals surface area contributed by atoms with E-state index in [1.807, 2.05) is 7.05 Å². The molecule has 0 bridgehead atoms. The summed E-state index contributed by atoms with van der Waals surface area (Å²) in [6, 6.07) is 6.81. The first-order valence-electron chi connectivity index (χ1n) is 8.73. The van der Waals surface area contributed by atoms with E-state index in [1.165, 1.54) is 4.31 Å². The molecule has 4 rings (SSSR count). The van der Waals surface area contributed by atoms with Gasteiger partial charge in [-0.1, -0.05) is 0 Å². The van der Waals surface area contributed by atoms with Crippen molar-refractivity contribution < 1.29 is 13.2 Å². The van der Waals surface area contributed by atoms with Gasteiger partial charge in [0.1, 0.15) is 0 Å². The Hall–Kier alpha value is -2.49. The summed E-state index contributed by atoms with van der Waals surface area (Å²) in [6.45, 7) is 2.40. The fourth-order valence-corrected chi connectivity index (χ4v) is 4.88. The lowest BCUT2D eigenvalue weighted by atomic mass is 10.1. The van der Waals surface area contributed by atoms with E-state index in [-0.39, 0.29) is 16.5 Å². The number of nitrogens with one attached hydrogen (secondary N) is 2. The normalized spacial score (nSPS) is 16.8. The molecule has 1 fully saturated rings. The molecule has 0 unspecified atom stereocenters. The van der Waals surface area contributed by atoms with Gasteiger partial charge in [-0.3, -0.25) is 4.79 Å². The Balaban J connectivity index is 1.82. The lowest BCUT2D eigenvalue weighted by Crippen LogP contribution is -2.46. The summed E-state index contributed by atoms with van der Waals surface area (Å²) in [5.41, 5.74) is 1.65. The number of pyridine rings is 1. The number of aromatic nitrogens is 2. The van der Waals surface area contributed by atoms with Crippen molar-refractivity contribution in [2.75, 3.05) is 40.3 Å². The van der Waals surface area contributed by atoms with Gasteiger partial charge in [0.25, 0.3) is 5.91 Å². The van der Waals surface area contributed by atoms with E-state index in [0.29, 0.717) is 18.6 Å². The van der Waals surface area contributed by atoms with Crippen molar-refractivity contribution in [1.29, 1.82) is 0 Å². The number of piperazine rings is 1. The minimum Gasteiger partial charge on any atom is -0.354 e. The number of amides is 1. The van der Waals surface area contributed by atoms with Gasteiger partial charge in [0.15, 0.2) is 5.69 Å². The van der Waals surface area contributed by atoms with Crippen LogP contribution in [0.15, 0.2) is 35.4 Å². The monoisotopic (exact) mass is 387 g/mol. The summed E-state index contributed by atoms with van der Waals surface area (Å²) in [5, 5.41) is 4.10. The van der Waals surface area contributed by atoms with E-state index in [1.54, 1.807) is 37.5 Å². The van der Waals surface area contributed by atoms with Crippen LogP contribution < -0.4 is 5.32 Å². The molecule has 27 heavy (non-hydrogen) atoms. The lowest BCUT2D eigenvalue weighted by Gasteiger charge is -2.31. The second kappa shape index (κ2) is 6.59. The standard InChI is InChI=1S/C18H21N5O3S/c1-19-18(24)17-16-13(5-6-20-17)14-11-12(3-4-15(14)21-16)27(25,26)23-9-7-22(2)8-10-23/h3-6,11,21H,7-10H2,1-2H3,(H,19,24). The van der Waals surface area contributed by atoms with Crippen molar-refractivity contribution in [1.82, 2.24) is 24.5 Å². The van der Waals surface area contributed by atoms with Gasteiger partial charge in [0, 0.05) is 55.7 Å². The molecule has 1 amide bonds. The Kier molecular flexibility index (Phi) is 4.37. The van der Waals surface area contributed by atoms with Gasteiger partial charge in [-0.05, 0) is 31.3 Å². The van der Waals surface area contributed by atoms with Gasteiger partial charge in [0.05, 0.1) is 10.4 Å². The Morgan fingerprint density at radius 3 is 2.59 bits per heavy atom. The number of sulfonamides is 1. The minimum absolute atomic E-state index is 0.263. The van der Waals surface area contributed by atoms with Crippen LogP contribution in [0.3, 0.4) is 0 Å². The zero-order valence-corrected chi connectivity index (χ0v) is 16.0. The number of benzene rings is 1. The van der Waals surface area contributed by atoms with Gasteiger partial charge in [-0.25, -0.2) is 13.4 Å². The van der Waals surface area contributed by atoms with Crippen LogP contribution in [0, 0.1) is 0 Å². The van der Waals surface area contributed by atoms with Crippen LogP contribution >= 0.6 is 0 Å². The maximum absolute atomic E-state index is 13.0. The van der Waals surface area contributed by atoms with Gasteiger partial charge in [-0.2, -0.15) is 4.31 Å². The largest absolute Gasteiger partial charge is 0.354 e. The summed E-state index contributed by atoms with van der Waals surface area (Å²) in [4.78, 5) is 21.8. The third-order valence-corrected chi connectivity index (χ3v) is 6.93. The Morgan fingerprint density at radius 2 is 1.89 bits per heavy atom. The molecule has 3 aromatic rings. The predicted molar refractivity (Wildman–Crippen MR) is 103 cm³/mol. The highest BCUT2D eigenvalue weighted by atomic mass is 32.2. The highest BCUT2D eigenvalue weighted by Gasteiger charge is 2.28. The fraction of sp³-hybridized carbons (Fsp3) is 0.333. The molecular weight excluding hydrogens is 366 g/mol. The van der Waals surface area contributed by atoms with Gasteiger partial charge >= 0.3 is 0 Å². The number of hydrogen-bond donors (Lipinski definition) is 2. The summed E-state index contributed by atoms with van der Waals surface area (Å²) in [7, 11) is -0.0227. The molecule has 0 radical (unpaired) electrons. The van der Waals surface area contributed by atoms with Gasteiger partial charge < -0.3 is 15.2 Å². The van der Waals surface area contributed by atoms with Crippen molar-refractivity contribution >= 4 is 37.7 Å². The number of nitrogens with zero attached hydrogens (tertiary/aromatic N) is 3. The molecule has 1 aliphatic rings. The van der Waals surface area contributed by atoms with Crippen molar-refractivity contribution in [3.8, 4) is 0 Å². The molecule has 2 aromatic heterocycles. The highest BCUT2D eigenvalue weighted by molar-refractivity contribution is 7.89. The van der Waals surface area contributed by atoms with Crippen molar-refractivity contribution in [2.45, 2.75) is 4.90 Å². The number of fused-ring (bicyclic) bond motifs is 3. The second-order valence-electron chi connectivity index (χ2n) is 6.70. The number of likely N-dealkylation sites (N-methyl/N-ethyl adjacent to an activating group) is 1. The average molecular weight is 387 g/mol. The molecule has 8 nitrogen and oxygen atoms in total. The molecule has 142 valence electrons. The van der Waals surface area contributed by atoms with E-state index in [0.717, 1.165) is 29.4 Å². The topological polar surface area (TPSA) is 98.4 Å². The Labute approximate surface area is 157 Å². The number of carbonyl (C=O) groups is 1. The zero-order chi connectivity index (χ0) is 19.2. The van der Waals surface area contributed by atoms with Crippen molar-refractivity contribution in [3.05, 3.63) is 36.2 Å². The van der Waals surface area contributed by atoms with Crippen molar-refractivity contribution in [3.63, 3.8) is 0 Å². The number of hydrogen-bond acceptors (Lipinski definition) is 5. The molecule has 0 atom stereocenters. The third kappa shape index (κ3) is 2.97.